The van der Waals surface area contributed by atoms with Crippen LogP contribution in [-0.2, 0) is 6.42 Å². The number of nitrogens with zero attached hydrogens (tertiary/aromatic N) is 1. The molecule has 0 saturated carbocycles. The van der Waals surface area contributed by atoms with Crippen LogP contribution in [0.5, 0.6) is 11.5 Å². The van der Waals surface area contributed by atoms with Crippen molar-refractivity contribution in [3.63, 3.8) is 0 Å². The van der Waals surface area contributed by atoms with Gasteiger partial charge in [0.1, 0.15) is 0 Å². The van der Waals surface area contributed by atoms with Crippen LogP contribution in [0.1, 0.15) is 19.4 Å². The van der Waals surface area contributed by atoms with Crippen LogP contribution in [0, 0.1) is 0 Å². The first kappa shape index (κ1) is 18.1. The highest BCUT2D eigenvalue weighted by atomic mass is 32.1. The Morgan fingerprint density at radius 3 is 2.75 bits per heavy atom. The van der Waals surface area contributed by atoms with E-state index in [0.717, 1.165) is 36.9 Å². The number of hydrogen-bond donors (Lipinski definition) is 2. The molecular formula is C18H25N3O2S. The van der Waals surface area contributed by atoms with Crippen molar-refractivity contribution < 1.29 is 9.47 Å². The van der Waals surface area contributed by atoms with E-state index in [1.807, 2.05) is 25.1 Å². The molecule has 0 aliphatic rings. The molecule has 24 heavy (non-hydrogen) atoms. The number of benzene rings is 1. The fourth-order valence-corrected chi connectivity index (χ4v) is 2.90. The van der Waals surface area contributed by atoms with Gasteiger partial charge in [0.15, 0.2) is 17.5 Å². The molecule has 0 bridgehead atoms. The molecule has 2 rings (SSSR count). The van der Waals surface area contributed by atoms with Gasteiger partial charge in [0, 0.05) is 24.8 Å². The predicted octanol–water partition coefficient (Wildman–Crippen LogP) is 3.78. The summed E-state index contributed by atoms with van der Waals surface area (Å²) in [5.74, 6) is 2.21. The zero-order valence-corrected chi connectivity index (χ0v) is 15.3. The fourth-order valence-electron chi connectivity index (χ4n) is 2.20. The van der Waals surface area contributed by atoms with Crippen LogP contribution in [0.15, 0.2) is 40.0 Å². The zero-order valence-electron chi connectivity index (χ0n) is 14.5. The minimum atomic E-state index is 0.607. The summed E-state index contributed by atoms with van der Waals surface area (Å²) in [6, 6.07) is 7.91. The van der Waals surface area contributed by atoms with E-state index in [9.17, 15) is 0 Å². The van der Waals surface area contributed by atoms with Gasteiger partial charge in [-0.25, -0.2) is 0 Å². The summed E-state index contributed by atoms with van der Waals surface area (Å²) in [6.45, 7) is 6.15. The third-order valence-corrected chi connectivity index (χ3v) is 4.05. The van der Waals surface area contributed by atoms with Crippen molar-refractivity contribution in [1.82, 2.24) is 5.32 Å². The normalized spacial score (nSPS) is 11.2. The Morgan fingerprint density at radius 2 is 2.08 bits per heavy atom. The average Bonchev–Trinajstić information content (AvgIpc) is 3.10. The minimum Gasteiger partial charge on any atom is -0.493 e. The second-order valence-electron chi connectivity index (χ2n) is 5.07. The highest BCUT2D eigenvalue weighted by Crippen LogP contribution is 2.30. The minimum absolute atomic E-state index is 0.607. The predicted molar refractivity (Wildman–Crippen MR) is 102 cm³/mol. The number of hydrogen-bond acceptors (Lipinski definition) is 4. The molecular weight excluding hydrogens is 322 g/mol. The number of anilines is 1. The van der Waals surface area contributed by atoms with Gasteiger partial charge in [-0.2, -0.15) is 11.3 Å². The summed E-state index contributed by atoms with van der Waals surface area (Å²) >= 11 is 1.72. The van der Waals surface area contributed by atoms with Gasteiger partial charge >= 0.3 is 0 Å². The molecule has 1 aromatic carbocycles. The quantitative estimate of drug-likeness (QED) is 0.564. The number of ether oxygens (including phenoxy) is 2. The van der Waals surface area contributed by atoms with Crippen molar-refractivity contribution in [1.29, 1.82) is 0 Å². The monoisotopic (exact) mass is 347 g/mol. The van der Waals surface area contributed by atoms with E-state index in [-0.39, 0.29) is 0 Å². The molecule has 0 spiro atoms. The summed E-state index contributed by atoms with van der Waals surface area (Å²) in [5, 5.41) is 10.8. The number of nitrogens with one attached hydrogen (secondary N) is 2. The van der Waals surface area contributed by atoms with Gasteiger partial charge in [-0.1, -0.05) is 0 Å². The summed E-state index contributed by atoms with van der Waals surface area (Å²) in [4.78, 5) is 4.62. The van der Waals surface area contributed by atoms with Gasteiger partial charge in [0.05, 0.1) is 13.7 Å². The Labute approximate surface area is 147 Å². The van der Waals surface area contributed by atoms with Crippen molar-refractivity contribution >= 4 is 23.0 Å². The first-order valence-electron chi connectivity index (χ1n) is 8.14. The van der Waals surface area contributed by atoms with Gasteiger partial charge in [-0.05, 0) is 54.8 Å². The Kier molecular flexibility index (Phi) is 7.42. The van der Waals surface area contributed by atoms with Crippen LogP contribution in [0.25, 0.3) is 0 Å². The Morgan fingerprint density at radius 1 is 1.21 bits per heavy atom. The maximum atomic E-state index is 5.54. The number of rotatable bonds is 8. The van der Waals surface area contributed by atoms with Crippen LogP contribution < -0.4 is 20.1 Å². The van der Waals surface area contributed by atoms with Gasteiger partial charge in [0.25, 0.3) is 0 Å². The van der Waals surface area contributed by atoms with Crippen LogP contribution in [0.4, 0.5) is 5.69 Å². The molecule has 0 radical (unpaired) electrons. The van der Waals surface area contributed by atoms with Crippen molar-refractivity contribution in [2.75, 3.05) is 32.1 Å². The first-order chi connectivity index (χ1) is 11.8. The third-order valence-electron chi connectivity index (χ3n) is 3.32. The third kappa shape index (κ3) is 5.45. The molecule has 1 heterocycles. The van der Waals surface area contributed by atoms with Gasteiger partial charge in [0.2, 0.25) is 0 Å². The maximum absolute atomic E-state index is 5.54. The standard InChI is InChI=1S/C18H25N3O2S/c1-4-19-18(20-10-8-14-9-11-24-13-14)21-15-6-7-16(23-5-2)17(12-15)22-3/h6-7,9,11-13H,4-5,8,10H2,1-3H3,(H2,19,20,21). The van der Waals surface area contributed by atoms with E-state index < -0.39 is 0 Å². The molecule has 130 valence electrons. The highest BCUT2D eigenvalue weighted by Gasteiger charge is 2.06. The van der Waals surface area contributed by atoms with Crippen molar-refractivity contribution in [2.24, 2.45) is 4.99 Å². The molecule has 0 saturated heterocycles. The summed E-state index contributed by atoms with van der Waals surface area (Å²) in [7, 11) is 1.64. The van der Waals surface area contributed by atoms with E-state index >= 15 is 0 Å². The Bertz CT molecular complexity index is 642. The van der Waals surface area contributed by atoms with Crippen LogP contribution >= 0.6 is 11.3 Å². The second kappa shape index (κ2) is 9.82. The van der Waals surface area contributed by atoms with E-state index in [0.29, 0.717) is 12.4 Å². The number of thiophene rings is 1. The SMILES string of the molecule is CCNC(=NCCc1ccsc1)Nc1ccc(OCC)c(OC)c1. The highest BCUT2D eigenvalue weighted by molar-refractivity contribution is 7.07. The first-order valence-corrected chi connectivity index (χ1v) is 9.08. The lowest BCUT2D eigenvalue weighted by molar-refractivity contribution is 0.311. The fraction of sp³-hybridized carbons (Fsp3) is 0.389. The van der Waals surface area contributed by atoms with E-state index in [1.54, 1.807) is 18.4 Å². The molecule has 0 amide bonds. The molecule has 2 aromatic rings. The maximum Gasteiger partial charge on any atom is 0.195 e. The smallest absolute Gasteiger partial charge is 0.195 e. The molecule has 0 atom stereocenters. The average molecular weight is 347 g/mol. The molecule has 0 unspecified atom stereocenters. The van der Waals surface area contributed by atoms with E-state index in [2.05, 4.69) is 39.4 Å². The second-order valence-corrected chi connectivity index (χ2v) is 5.85. The van der Waals surface area contributed by atoms with Crippen molar-refractivity contribution in [3.05, 3.63) is 40.6 Å². The van der Waals surface area contributed by atoms with Gasteiger partial charge in [-0.15, -0.1) is 0 Å². The van der Waals surface area contributed by atoms with Crippen LogP contribution in [0.3, 0.4) is 0 Å². The largest absolute Gasteiger partial charge is 0.493 e. The summed E-state index contributed by atoms with van der Waals surface area (Å²) < 4.78 is 10.9. The Hall–Kier alpha value is -2.21. The van der Waals surface area contributed by atoms with Crippen molar-refractivity contribution in [2.45, 2.75) is 20.3 Å². The van der Waals surface area contributed by atoms with Crippen molar-refractivity contribution in [3.8, 4) is 11.5 Å². The van der Waals surface area contributed by atoms with Gasteiger partial charge < -0.3 is 20.1 Å². The molecule has 0 fully saturated rings. The summed E-state index contributed by atoms with van der Waals surface area (Å²) in [6.07, 6.45) is 0.937. The number of guanidine groups is 1. The zero-order chi connectivity index (χ0) is 17.2. The topological polar surface area (TPSA) is 54.9 Å². The molecule has 5 nitrogen and oxygen atoms in total. The molecule has 1 aromatic heterocycles. The molecule has 2 N–H and O–H groups in total. The van der Waals surface area contributed by atoms with E-state index in [1.165, 1.54) is 5.56 Å². The number of methoxy groups -OCH3 is 1. The van der Waals surface area contributed by atoms with E-state index in [4.69, 9.17) is 9.47 Å². The van der Waals surface area contributed by atoms with Gasteiger partial charge in [-0.3, -0.25) is 4.99 Å². The molecule has 6 heteroatoms. The Balaban J connectivity index is 2.03. The lowest BCUT2D eigenvalue weighted by Crippen LogP contribution is -2.30. The van der Waals surface area contributed by atoms with Crippen LogP contribution in [0.2, 0.25) is 0 Å². The van der Waals surface area contributed by atoms with Crippen LogP contribution in [-0.4, -0.2) is 32.8 Å². The lowest BCUT2D eigenvalue weighted by Gasteiger charge is -2.14. The summed E-state index contributed by atoms with van der Waals surface area (Å²) in [5.41, 5.74) is 2.23. The molecule has 0 aliphatic heterocycles. The number of aliphatic imine (C=N–C) groups is 1. The lowest BCUT2D eigenvalue weighted by atomic mass is 10.2. The molecule has 0 aliphatic carbocycles.